The van der Waals surface area contributed by atoms with Gasteiger partial charge in [-0.25, -0.2) is 8.42 Å². The number of fused-ring (bicyclic) bond motifs is 2. The van der Waals surface area contributed by atoms with Crippen LogP contribution in [0.4, 0.5) is 0 Å². The molecule has 8 heteroatoms. The van der Waals surface area contributed by atoms with E-state index in [1.54, 1.807) is 16.7 Å². The van der Waals surface area contributed by atoms with Gasteiger partial charge in [-0.05, 0) is 44.2 Å². The van der Waals surface area contributed by atoms with Crippen LogP contribution >= 0.6 is 0 Å². The first-order chi connectivity index (χ1) is 12.6. The molecule has 3 atom stereocenters. The van der Waals surface area contributed by atoms with Crippen molar-refractivity contribution in [2.45, 2.75) is 63.5 Å². The lowest BCUT2D eigenvalue weighted by Crippen LogP contribution is -2.46. The molecule has 4 heterocycles. The summed E-state index contributed by atoms with van der Waals surface area (Å²) in [6.07, 6.45) is 8.40. The third kappa shape index (κ3) is 3.27. The van der Waals surface area contributed by atoms with E-state index in [1.807, 2.05) is 19.1 Å². The van der Waals surface area contributed by atoms with Gasteiger partial charge in [0.15, 0.2) is 0 Å². The molecule has 2 saturated heterocycles. The monoisotopic (exact) mass is 376 g/mol. The summed E-state index contributed by atoms with van der Waals surface area (Å²) in [4.78, 5) is 8.64. The predicted molar refractivity (Wildman–Crippen MR) is 96.8 cm³/mol. The summed E-state index contributed by atoms with van der Waals surface area (Å²) in [5, 5.41) is 4.08. The molecule has 0 N–H and O–H groups in total. The summed E-state index contributed by atoms with van der Waals surface area (Å²) >= 11 is 0. The summed E-state index contributed by atoms with van der Waals surface area (Å²) in [5.74, 6) is 1.54. The van der Waals surface area contributed by atoms with Crippen LogP contribution in [0.5, 0.6) is 0 Å². The van der Waals surface area contributed by atoms with Crippen molar-refractivity contribution in [1.29, 1.82) is 0 Å². The molecule has 2 aromatic rings. The number of nitrogens with zero attached hydrogens (tertiary/aromatic N) is 4. The van der Waals surface area contributed by atoms with Gasteiger partial charge in [-0.15, -0.1) is 0 Å². The van der Waals surface area contributed by atoms with E-state index in [4.69, 9.17) is 4.52 Å². The Labute approximate surface area is 153 Å². The zero-order valence-electron chi connectivity index (χ0n) is 14.9. The second-order valence-corrected chi connectivity index (χ2v) is 9.24. The van der Waals surface area contributed by atoms with Crippen LogP contribution < -0.4 is 0 Å². The van der Waals surface area contributed by atoms with E-state index in [-0.39, 0.29) is 23.8 Å². The highest BCUT2D eigenvalue weighted by molar-refractivity contribution is 7.89. The van der Waals surface area contributed by atoms with Crippen LogP contribution in [-0.2, 0) is 10.0 Å². The molecule has 0 radical (unpaired) electrons. The maximum atomic E-state index is 12.7. The number of rotatable bonds is 6. The van der Waals surface area contributed by atoms with E-state index in [9.17, 15) is 8.42 Å². The molecule has 7 nitrogen and oxygen atoms in total. The molecule has 26 heavy (non-hydrogen) atoms. The smallest absolute Gasteiger partial charge is 0.230 e. The van der Waals surface area contributed by atoms with Gasteiger partial charge in [0.1, 0.15) is 0 Å². The van der Waals surface area contributed by atoms with E-state index < -0.39 is 10.0 Å². The van der Waals surface area contributed by atoms with Gasteiger partial charge in [-0.1, -0.05) is 18.5 Å². The molecule has 0 aromatic carbocycles. The van der Waals surface area contributed by atoms with Gasteiger partial charge in [-0.3, -0.25) is 4.98 Å². The topological polar surface area (TPSA) is 89.2 Å². The van der Waals surface area contributed by atoms with E-state index in [0.717, 1.165) is 44.1 Å². The predicted octanol–water partition coefficient (Wildman–Crippen LogP) is 2.97. The molecule has 140 valence electrons. The first-order valence-corrected chi connectivity index (χ1v) is 10.9. The SMILES string of the molecule is CCCCS(=O)(=O)N1[C@@H]2CC[C@H]1CC(c1nc(-c3cccnc3)no1)C2. The van der Waals surface area contributed by atoms with Crippen LogP contribution in [-0.4, -0.2) is 45.7 Å². The fourth-order valence-corrected chi connectivity index (χ4v) is 6.39. The van der Waals surface area contributed by atoms with Crippen LogP contribution in [0.3, 0.4) is 0 Å². The number of pyridine rings is 1. The fourth-order valence-electron chi connectivity index (χ4n) is 4.24. The Morgan fingerprint density at radius 3 is 2.69 bits per heavy atom. The highest BCUT2D eigenvalue weighted by atomic mass is 32.2. The van der Waals surface area contributed by atoms with Crippen molar-refractivity contribution >= 4 is 10.0 Å². The van der Waals surface area contributed by atoms with Crippen LogP contribution in [0.25, 0.3) is 11.4 Å². The highest BCUT2D eigenvalue weighted by Crippen LogP contribution is 2.44. The number of unbranched alkanes of at least 4 members (excludes halogenated alkanes) is 1. The zero-order chi connectivity index (χ0) is 18.1. The standard InChI is InChI=1S/C18H24N4O3S/c1-2-3-9-26(23,24)22-15-6-7-16(22)11-14(10-15)18-20-17(21-25-18)13-5-4-8-19-12-13/h4-5,8,12,14-16H,2-3,6-7,9-11H2,1H3/t14?,15-,16+. The van der Waals surface area contributed by atoms with Crippen LogP contribution in [0.1, 0.15) is 57.3 Å². The summed E-state index contributed by atoms with van der Waals surface area (Å²) < 4.78 is 32.7. The average molecular weight is 376 g/mol. The van der Waals surface area contributed by atoms with Crippen LogP contribution in [0.2, 0.25) is 0 Å². The molecule has 2 aromatic heterocycles. The lowest BCUT2D eigenvalue weighted by molar-refractivity contribution is 0.201. The van der Waals surface area contributed by atoms with Gasteiger partial charge in [0.2, 0.25) is 21.7 Å². The van der Waals surface area contributed by atoms with E-state index >= 15 is 0 Å². The molecule has 0 saturated carbocycles. The summed E-state index contributed by atoms with van der Waals surface area (Å²) in [6, 6.07) is 3.86. The lowest BCUT2D eigenvalue weighted by atomic mass is 9.92. The average Bonchev–Trinajstić information content (AvgIpc) is 3.25. The third-order valence-electron chi connectivity index (χ3n) is 5.45. The Morgan fingerprint density at radius 2 is 2.04 bits per heavy atom. The largest absolute Gasteiger partial charge is 0.339 e. The van der Waals surface area contributed by atoms with Gasteiger partial charge < -0.3 is 4.52 Å². The Morgan fingerprint density at radius 1 is 1.27 bits per heavy atom. The molecule has 0 amide bonds. The number of aromatic nitrogens is 3. The van der Waals surface area contributed by atoms with Crippen LogP contribution in [0.15, 0.2) is 29.0 Å². The zero-order valence-corrected chi connectivity index (χ0v) is 15.7. The first kappa shape index (κ1) is 17.6. The van der Waals surface area contributed by atoms with Crippen molar-refractivity contribution in [2.75, 3.05) is 5.75 Å². The van der Waals surface area contributed by atoms with Gasteiger partial charge in [-0.2, -0.15) is 9.29 Å². The van der Waals surface area contributed by atoms with Crippen molar-refractivity contribution in [3.05, 3.63) is 30.4 Å². The van der Waals surface area contributed by atoms with Gasteiger partial charge in [0.05, 0.1) is 5.75 Å². The molecular weight excluding hydrogens is 352 g/mol. The molecule has 2 bridgehead atoms. The minimum Gasteiger partial charge on any atom is -0.339 e. The molecular formula is C18H24N4O3S. The molecule has 0 spiro atoms. The minimum absolute atomic E-state index is 0.0642. The molecule has 2 aliphatic rings. The Balaban J connectivity index is 1.50. The second-order valence-electron chi connectivity index (χ2n) is 7.25. The third-order valence-corrected chi connectivity index (χ3v) is 7.50. The van der Waals surface area contributed by atoms with Crippen molar-refractivity contribution in [3.63, 3.8) is 0 Å². The number of sulfonamides is 1. The Bertz CT molecular complexity index is 838. The van der Waals surface area contributed by atoms with Crippen LogP contribution in [0, 0.1) is 0 Å². The van der Waals surface area contributed by atoms with E-state index in [0.29, 0.717) is 11.7 Å². The molecule has 2 fully saturated rings. The van der Waals surface area contributed by atoms with Crippen molar-refractivity contribution in [2.24, 2.45) is 0 Å². The minimum atomic E-state index is -3.17. The molecule has 0 aliphatic carbocycles. The maximum Gasteiger partial charge on any atom is 0.230 e. The summed E-state index contributed by atoms with van der Waals surface area (Å²) in [6.45, 7) is 2.02. The van der Waals surface area contributed by atoms with Gasteiger partial charge >= 0.3 is 0 Å². The van der Waals surface area contributed by atoms with Gasteiger partial charge in [0.25, 0.3) is 0 Å². The Kier molecular flexibility index (Phi) is 4.79. The molecule has 4 rings (SSSR count). The Hall–Kier alpha value is -1.80. The molecule has 1 unspecified atom stereocenters. The second kappa shape index (κ2) is 7.08. The normalized spacial score (nSPS) is 26.3. The molecule has 2 aliphatic heterocycles. The van der Waals surface area contributed by atoms with Crippen molar-refractivity contribution in [1.82, 2.24) is 19.4 Å². The van der Waals surface area contributed by atoms with E-state index in [2.05, 4.69) is 15.1 Å². The van der Waals surface area contributed by atoms with E-state index in [1.165, 1.54) is 0 Å². The summed E-state index contributed by atoms with van der Waals surface area (Å²) in [7, 11) is -3.17. The quantitative estimate of drug-likeness (QED) is 0.770. The number of hydrogen-bond donors (Lipinski definition) is 0. The fraction of sp³-hybridized carbons (Fsp3) is 0.611. The summed E-state index contributed by atoms with van der Waals surface area (Å²) in [5.41, 5.74) is 0.824. The first-order valence-electron chi connectivity index (χ1n) is 9.33. The highest BCUT2D eigenvalue weighted by Gasteiger charge is 2.47. The number of hydrogen-bond acceptors (Lipinski definition) is 6. The maximum absolute atomic E-state index is 12.7. The van der Waals surface area contributed by atoms with Crippen molar-refractivity contribution < 1.29 is 12.9 Å². The lowest BCUT2D eigenvalue weighted by Gasteiger charge is -2.36. The van der Waals surface area contributed by atoms with Crippen molar-refractivity contribution in [3.8, 4) is 11.4 Å². The number of piperidine rings is 1. The van der Waals surface area contributed by atoms with Gasteiger partial charge in [0, 0.05) is 36.0 Å².